The van der Waals surface area contributed by atoms with Gasteiger partial charge in [-0.1, -0.05) is 59.8 Å². The van der Waals surface area contributed by atoms with Crippen molar-refractivity contribution in [3.8, 4) is 0 Å². The third-order valence-electron chi connectivity index (χ3n) is 6.15. The number of ether oxygens (including phenoxy) is 1. The number of amides is 1. The summed E-state index contributed by atoms with van der Waals surface area (Å²) in [5.41, 5.74) is 0. The van der Waals surface area contributed by atoms with E-state index in [1.54, 1.807) is 0 Å². The van der Waals surface area contributed by atoms with Crippen LogP contribution in [0.2, 0.25) is 0 Å². The quantitative estimate of drug-likeness (QED) is 0.659. The minimum Gasteiger partial charge on any atom is -0.468 e. The van der Waals surface area contributed by atoms with Crippen molar-refractivity contribution in [3.63, 3.8) is 0 Å². The molecular formula is C20H36N2O3. The summed E-state index contributed by atoms with van der Waals surface area (Å²) >= 11 is 0. The Morgan fingerprint density at radius 1 is 1.16 bits per heavy atom. The summed E-state index contributed by atoms with van der Waals surface area (Å²) in [6.07, 6.45) is 7.78. The molecule has 5 heteroatoms. The molecule has 5 nitrogen and oxygen atoms in total. The van der Waals surface area contributed by atoms with E-state index in [2.05, 4.69) is 23.6 Å². The van der Waals surface area contributed by atoms with Crippen molar-refractivity contribution in [2.75, 3.05) is 13.8 Å². The molecule has 1 heterocycles. The van der Waals surface area contributed by atoms with Crippen LogP contribution in [0, 0.1) is 11.8 Å². The predicted molar refractivity (Wildman–Crippen MR) is 98.9 cm³/mol. The van der Waals surface area contributed by atoms with E-state index in [1.165, 1.54) is 26.4 Å². The molecule has 1 aliphatic heterocycles. The zero-order chi connectivity index (χ0) is 18.6. The fraction of sp³-hybridized carbons (Fsp3) is 0.900. The van der Waals surface area contributed by atoms with Gasteiger partial charge in [0.25, 0.3) is 0 Å². The largest absolute Gasteiger partial charge is 0.468 e. The number of nitrogens with zero attached hydrogens (tertiary/aromatic N) is 2. The van der Waals surface area contributed by atoms with E-state index in [4.69, 9.17) is 4.74 Å². The molecule has 1 saturated carbocycles. The van der Waals surface area contributed by atoms with Gasteiger partial charge in [-0.3, -0.25) is 14.5 Å². The molecule has 0 N–H and O–H groups in total. The summed E-state index contributed by atoms with van der Waals surface area (Å²) in [6.45, 7) is 8.94. The maximum atomic E-state index is 13.3. The third kappa shape index (κ3) is 4.18. The molecule has 0 unspecified atom stereocenters. The van der Waals surface area contributed by atoms with Crippen molar-refractivity contribution in [1.29, 1.82) is 0 Å². The Bertz CT molecular complexity index is 456. The molecular weight excluding hydrogens is 316 g/mol. The fourth-order valence-corrected chi connectivity index (χ4v) is 4.71. The SMILES string of the molecule is CCC(CC)[C@@H]1C(=O)N(C2CCCCC2)CN1[C@H](C(=O)OC)C(C)C. The number of hydrogen-bond donors (Lipinski definition) is 0. The Kier molecular flexibility index (Phi) is 7.29. The first-order valence-electron chi connectivity index (χ1n) is 10.1. The van der Waals surface area contributed by atoms with E-state index >= 15 is 0 Å². The highest BCUT2D eigenvalue weighted by Crippen LogP contribution is 2.34. The first-order chi connectivity index (χ1) is 12.0. The summed E-state index contributed by atoms with van der Waals surface area (Å²) in [6, 6.07) is -0.204. The highest BCUT2D eigenvalue weighted by molar-refractivity contribution is 5.86. The van der Waals surface area contributed by atoms with Crippen LogP contribution in [-0.4, -0.2) is 53.6 Å². The van der Waals surface area contributed by atoms with Crippen LogP contribution < -0.4 is 0 Å². The van der Waals surface area contributed by atoms with E-state index in [0.29, 0.717) is 12.7 Å². The first-order valence-corrected chi connectivity index (χ1v) is 10.1. The van der Waals surface area contributed by atoms with Crippen molar-refractivity contribution in [3.05, 3.63) is 0 Å². The zero-order valence-corrected chi connectivity index (χ0v) is 16.7. The van der Waals surface area contributed by atoms with Crippen molar-refractivity contribution in [2.45, 2.75) is 90.8 Å². The summed E-state index contributed by atoms with van der Waals surface area (Å²) in [5.74, 6) is 0.412. The highest BCUT2D eigenvalue weighted by Gasteiger charge is 2.49. The number of carbonyl (C=O) groups is 2. The third-order valence-corrected chi connectivity index (χ3v) is 6.15. The molecule has 0 aromatic carbocycles. The number of rotatable bonds is 7. The molecule has 2 rings (SSSR count). The molecule has 0 spiro atoms. The number of methoxy groups -OCH3 is 1. The normalized spacial score (nSPS) is 24.4. The van der Waals surface area contributed by atoms with Gasteiger partial charge in [0.2, 0.25) is 5.91 Å². The van der Waals surface area contributed by atoms with Gasteiger partial charge in [0.05, 0.1) is 19.8 Å². The number of carbonyl (C=O) groups excluding carboxylic acids is 2. The van der Waals surface area contributed by atoms with Gasteiger partial charge < -0.3 is 9.64 Å². The van der Waals surface area contributed by atoms with Crippen LogP contribution in [0.1, 0.15) is 72.6 Å². The average Bonchev–Trinajstić information content (AvgIpc) is 2.94. The standard InChI is InChI=1S/C20H36N2O3/c1-6-15(7-2)18-19(23)21(16-11-9-8-10-12-16)13-22(18)17(14(3)4)20(24)25-5/h14-18H,6-13H2,1-5H3/t17-,18+/m0/s1. The molecule has 2 fully saturated rings. The van der Waals surface area contributed by atoms with Gasteiger partial charge >= 0.3 is 5.97 Å². The van der Waals surface area contributed by atoms with Crippen LogP contribution in [0.5, 0.6) is 0 Å². The second kappa shape index (κ2) is 9.02. The molecule has 0 bridgehead atoms. The van der Waals surface area contributed by atoms with E-state index in [-0.39, 0.29) is 35.8 Å². The molecule has 0 aromatic heterocycles. The van der Waals surface area contributed by atoms with Crippen LogP contribution in [0.4, 0.5) is 0 Å². The summed E-state index contributed by atoms with van der Waals surface area (Å²) in [5, 5.41) is 0. The minimum atomic E-state index is -0.354. The van der Waals surface area contributed by atoms with E-state index in [0.717, 1.165) is 25.7 Å². The molecule has 144 valence electrons. The molecule has 0 radical (unpaired) electrons. The lowest BCUT2D eigenvalue weighted by atomic mass is 9.90. The van der Waals surface area contributed by atoms with E-state index < -0.39 is 0 Å². The fourth-order valence-electron chi connectivity index (χ4n) is 4.71. The van der Waals surface area contributed by atoms with Crippen LogP contribution >= 0.6 is 0 Å². The summed E-state index contributed by atoms with van der Waals surface area (Å²) < 4.78 is 5.09. The first kappa shape index (κ1) is 20.2. The maximum absolute atomic E-state index is 13.3. The topological polar surface area (TPSA) is 49.9 Å². The lowest BCUT2D eigenvalue weighted by molar-refractivity contribution is -0.150. The van der Waals surface area contributed by atoms with Crippen LogP contribution in [0.3, 0.4) is 0 Å². The van der Waals surface area contributed by atoms with Crippen molar-refractivity contribution >= 4 is 11.9 Å². The van der Waals surface area contributed by atoms with Gasteiger partial charge in [-0.25, -0.2) is 0 Å². The second-order valence-corrected chi connectivity index (χ2v) is 7.99. The second-order valence-electron chi connectivity index (χ2n) is 7.99. The number of hydrogen-bond acceptors (Lipinski definition) is 4. The van der Waals surface area contributed by atoms with Gasteiger partial charge in [-0.2, -0.15) is 0 Å². The molecule has 2 atom stereocenters. The van der Waals surface area contributed by atoms with Crippen molar-refractivity contribution in [1.82, 2.24) is 9.80 Å². The van der Waals surface area contributed by atoms with E-state index in [9.17, 15) is 9.59 Å². The Morgan fingerprint density at radius 3 is 2.24 bits per heavy atom. The van der Waals surface area contributed by atoms with Gasteiger partial charge in [-0.05, 0) is 24.7 Å². The van der Waals surface area contributed by atoms with Gasteiger partial charge in [-0.15, -0.1) is 0 Å². The van der Waals surface area contributed by atoms with Gasteiger partial charge in [0, 0.05) is 6.04 Å². The molecule has 1 amide bonds. The lowest BCUT2D eigenvalue weighted by Crippen LogP contribution is -2.51. The monoisotopic (exact) mass is 352 g/mol. The maximum Gasteiger partial charge on any atom is 0.323 e. The van der Waals surface area contributed by atoms with Crippen LogP contribution in [-0.2, 0) is 14.3 Å². The van der Waals surface area contributed by atoms with Crippen molar-refractivity contribution in [2.24, 2.45) is 11.8 Å². The Balaban J connectivity index is 2.32. The molecule has 2 aliphatic rings. The summed E-state index contributed by atoms with van der Waals surface area (Å²) in [7, 11) is 1.45. The Labute approximate surface area is 153 Å². The number of esters is 1. The predicted octanol–water partition coefficient (Wildman–Crippen LogP) is 3.42. The molecule has 0 aromatic rings. The summed E-state index contributed by atoms with van der Waals surface area (Å²) in [4.78, 5) is 30.0. The van der Waals surface area contributed by atoms with Gasteiger partial charge in [0.1, 0.15) is 6.04 Å². The lowest BCUT2D eigenvalue weighted by Gasteiger charge is -2.35. The van der Waals surface area contributed by atoms with Crippen LogP contribution in [0.15, 0.2) is 0 Å². The van der Waals surface area contributed by atoms with Gasteiger partial charge in [0.15, 0.2) is 0 Å². The Hall–Kier alpha value is -1.10. The Morgan fingerprint density at radius 2 is 1.76 bits per heavy atom. The van der Waals surface area contributed by atoms with Crippen molar-refractivity contribution < 1.29 is 14.3 Å². The molecule has 1 saturated heterocycles. The molecule has 25 heavy (non-hydrogen) atoms. The van der Waals surface area contributed by atoms with E-state index in [1.807, 2.05) is 13.8 Å². The molecule has 1 aliphatic carbocycles. The average molecular weight is 353 g/mol. The van der Waals surface area contributed by atoms with Crippen LogP contribution in [0.25, 0.3) is 0 Å². The minimum absolute atomic E-state index is 0.114. The zero-order valence-electron chi connectivity index (χ0n) is 16.7. The highest BCUT2D eigenvalue weighted by atomic mass is 16.5. The smallest absolute Gasteiger partial charge is 0.323 e.